The molecule has 0 radical (unpaired) electrons. The van der Waals surface area contributed by atoms with Crippen molar-refractivity contribution < 1.29 is 19.1 Å². The molecular formula is C15H14N4O5. The number of rotatable bonds is 3. The molecule has 0 bridgehead atoms. The summed E-state index contributed by atoms with van der Waals surface area (Å²) in [5, 5.41) is 22.1. The first kappa shape index (κ1) is 15.7. The number of nitrogens with one attached hydrogen (secondary N) is 1. The molecule has 0 unspecified atom stereocenters. The van der Waals surface area contributed by atoms with E-state index in [4.69, 9.17) is 9.37 Å². The average molecular weight is 330 g/mol. The highest BCUT2D eigenvalue weighted by molar-refractivity contribution is 5.94. The number of aromatic nitrogens is 2. The summed E-state index contributed by atoms with van der Waals surface area (Å²) in [4.78, 5) is 23.4. The minimum Gasteiger partial charge on any atom is -0.466 e. The summed E-state index contributed by atoms with van der Waals surface area (Å²) in [7, 11) is 1.23. The van der Waals surface area contributed by atoms with Crippen LogP contribution < -0.4 is 5.32 Å². The molecule has 0 saturated carbocycles. The predicted octanol–water partition coefficient (Wildman–Crippen LogP) is 1.86. The molecule has 0 aliphatic carbocycles. The fourth-order valence-electron chi connectivity index (χ4n) is 2.97. The van der Waals surface area contributed by atoms with E-state index in [0.717, 1.165) is 0 Å². The van der Waals surface area contributed by atoms with Crippen molar-refractivity contribution in [2.45, 2.75) is 19.8 Å². The van der Waals surface area contributed by atoms with Crippen LogP contribution in [0, 0.1) is 10.1 Å². The van der Waals surface area contributed by atoms with Crippen molar-refractivity contribution in [3.05, 3.63) is 56.5 Å². The van der Waals surface area contributed by atoms with E-state index < -0.39 is 16.8 Å². The van der Waals surface area contributed by atoms with E-state index in [2.05, 4.69) is 15.6 Å². The number of allylic oxidation sites excluding steroid dienone is 3. The monoisotopic (exact) mass is 330 g/mol. The van der Waals surface area contributed by atoms with Gasteiger partial charge >= 0.3 is 5.97 Å². The average Bonchev–Trinajstić information content (AvgIpc) is 3.01. The van der Waals surface area contributed by atoms with Crippen molar-refractivity contribution in [2.75, 3.05) is 7.11 Å². The molecule has 2 aromatic rings. The molecule has 1 aliphatic rings. The second-order valence-electron chi connectivity index (χ2n) is 5.33. The van der Waals surface area contributed by atoms with Crippen molar-refractivity contribution >= 4 is 17.0 Å². The molecule has 1 aromatic heterocycles. The van der Waals surface area contributed by atoms with Gasteiger partial charge in [0.05, 0.1) is 23.3 Å². The van der Waals surface area contributed by atoms with Crippen LogP contribution in [0.4, 0.5) is 0 Å². The number of methoxy groups -OCH3 is 1. The van der Waals surface area contributed by atoms with Gasteiger partial charge in [-0.1, -0.05) is 12.1 Å². The third-order valence-corrected chi connectivity index (χ3v) is 3.96. The Hall–Kier alpha value is -3.23. The van der Waals surface area contributed by atoms with Gasteiger partial charge in [0.25, 0.3) is 5.70 Å². The molecule has 1 atom stereocenters. The minimum absolute atomic E-state index is 0.142. The van der Waals surface area contributed by atoms with Gasteiger partial charge in [-0.3, -0.25) is 10.1 Å². The predicted molar refractivity (Wildman–Crippen MR) is 82.1 cm³/mol. The van der Waals surface area contributed by atoms with Crippen LogP contribution in [0.5, 0.6) is 0 Å². The quantitative estimate of drug-likeness (QED) is 0.514. The molecular weight excluding hydrogens is 316 g/mol. The maximum atomic E-state index is 12.3. The molecule has 2 heterocycles. The fraction of sp³-hybridized carbons (Fsp3) is 0.267. The van der Waals surface area contributed by atoms with Crippen molar-refractivity contribution in [3.8, 4) is 0 Å². The molecule has 3 rings (SSSR count). The normalized spacial score (nSPS) is 17.9. The topological polar surface area (TPSA) is 120 Å². The van der Waals surface area contributed by atoms with Crippen molar-refractivity contribution in [1.29, 1.82) is 0 Å². The van der Waals surface area contributed by atoms with Crippen LogP contribution in [0.2, 0.25) is 0 Å². The highest BCUT2D eigenvalue weighted by Gasteiger charge is 2.42. The van der Waals surface area contributed by atoms with Gasteiger partial charge in [0.2, 0.25) is 0 Å². The van der Waals surface area contributed by atoms with Crippen molar-refractivity contribution in [1.82, 2.24) is 15.6 Å². The second-order valence-corrected chi connectivity index (χ2v) is 5.33. The van der Waals surface area contributed by atoms with Gasteiger partial charge in [-0.25, -0.2) is 9.42 Å². The Balaban J connectivity index is 2.32. The molecule has 1 aliphatic heterocycles. The summed E-state index contributed by atoms with van der Waals surface area (Å²) in [6.45, 7) is 3.25. The first-order chi connectivity index (χ1) is 11.5. The van der Waals surface area contributed by atoms with Crippen molar-refractivity contribution in [3.63, 3.8) is 0 Å². The summed E-state index contributed by atoms with van der Waals surface area (Å²) in [5.74, 6) is -1.59. The molecule has 1 N–H and O–H groups in total. The zero-order valence-corrected chi connectivity index (χ0v) is 13.2. The lowest BCUT2D eigenvalue weighted by Crippen LogP contribution is -2.31. The molecule has 124 valence electrons. The van der Waals surface area contributed by atoms with Crippen LogP contribution >= 0.6 is 0 Å². The smallest absolute Gasteiger partial charge is 0.336 e. The molecule has 0 saturated heterocycles. The van der Waals surface area contributed by atoms with Crippen LogP contribution in [-0.4, -0.2) is 28.3 Å². The lowest BCUT2D eigenvalue weighted by molar-refractivity contribution is -0.431. The summed E-state index contributed by atoms with van der Waals surface area (Å²) in [6.07, 6.45) is 0. The lowest BCUT2D eigenvalue weighted by Gasteiger charge is -2.26. The minimum atomic E-state index is -0.940. The van der Waals surface area contributed by atoms with E-state index in [1.54, 1.807) is 32.0 Å². The molecule has 0 fully saturated rings. The summed E-state index contributed by atoms with van der Waals surface area (Å²) in [6, 6.07) is 5.02. The van der Waals surface area contributed by atoms with Crippen LogP contribution in [-0.2, 0) is 9.53 Å². The number of nitrogens with zero attached hydrogens (tertiary/aromatic N) is 3. The number of hydrogen-bond donors (Lipinski definition) is 1. The SMILES string of the molecule is COC(=O)C1=C(C)NC(C)=C([N+](=O)[O-])[C@@H]1c1cccc2nonc12. The standard InChI is InChI=1S/C15H14N4O5/c1-7-11(15(20)23-3)12(14(19(21)22)8(2)16-7)9-5-4-6-10-13(9)18-24-17-10/h4-6,12,16H,1-3H3/t12-/m1/s1. The zero-order chi connectivity index (χ0) is 17.4. The summed E-state index contributed by atoms with van der Waals surface area (Å²) in [5.41, 5.74) is 2.13. The number of dihydropyridines is 1. The molecule has 0 spiro atoms. The number of carbonyl (C=O) groups is 1. The Morgan fingerprint density at radius 1 is 1.33 bits per heavy atom. The van der Waals surface area contributed by atoms with Gasteiger partial charge < -0.3 is 10.1 Å². The number of hydrogen-bond acceptors (Lipinski definition) is 8. The van der Waals surface area contributed by atoms with Gasteiger partial charge in [-0.05, 0) is 30.2 Å². The van der Waals surface area contributed by atoms with E-state index in [0.29, 0.717) is 28.0 Å². The number of nitro groups is 1. The maximum absolute atomic E-state index is 12.3. The summed E-state index contributed by atoms with van der Waals surface area (Å²) < 4.78 is 9.56. The number of carbonyl (C=O) groups excluding carboxylic acids is 1. The number of benzene rings is 1. The number of esters is 1. The first-order valence-electron chi connectivity index (χ1n) is 7.08. The summed E-state index contributed by atoms with van der Waals surface area (Å²) >= 11 is 0. The second kappa shape index (κ2) is 5.76. The van der Waals surface area contributed by atoms with Crippen LogP contribution in [0.15, 0.2) is 45.5 Å². The van der Waals surface area contributed by atoms with Crippen LogP contribution in [0.3, 0.4) is 0 Å². The Kier molecular flexibility index (Phi) is 3.76. The van der Waals surface area contributed by atoms with Gasteiger partial charge in [0.15, 0.2) is 0 Å². The van der Waals surface area contributed by atoms with E-state index in [9.17, 15) is 14.9 Å². The van der Waals surface area contributed by atoms with E-state index in [1.165, 1.54) is 7.11 Å². The van der Waals surface area contributed by atoms with E-state index in [-0.39, 0.29) is 11.3 Å². The Labute approximate surface area is 136 Å². The maximum Gasteiger partial charge on any atom is 0.336 e. The van der Waals surface area contributed by atoms with E-state index in [1.807, 2.05) is 0 Å². The van der Waals surface area contributed by atoms with Crippen LogP contribution in [0.1, 0.15) is 25.3 Å². The molecule has 1 aromatic carbocycles. The number of fused-ring (bicyclic) bond motifs is 1. The van der Waals surface area contributed by atoms with Crippen LogP contribution in [0.25, 0.3) is 11.0 Å². The molecule has 9 nitrogen and oxygen atoms in total. The Morgan fingerprint density at radius 3 is 2.75 bits per heavy atom. The third kappa shape index (κ3) is 2.30. The highest BCUT2D eigenvalue weighted by Crippen LogP contribution is 2.40. The number of ether oxygens (including phenoxy) is 1. The van der Waals surface area contributed by atoms with Gasteiger partial charge in [0.1, 0.15) is 17.0 Å². The molecule has 24 heavy (non-hydrogen) atoms. The molecule has 9 heteroatoms. The largest absolute Gasteiger partial charge is 0.466 e. The van der Waals surface area contributed by atoms with Crippen molar-refractivity contribution in [2.24, 2.45) is 0 Å². The van der Waals surface area contributed by atoms with Gasteiger partial charge in [0, 0.05) is 11.3 Å². The lowest BCUT2D eigenvalue weighted by atomic mass is 9.83. The zero-order valence-electron chi connectivity index (χ0n) is 13.2. The Bertz CT molecular complexity index is 911. The molecule has 0 amide bonds. The van der Waals surface area contributed by atoms with E-state index >= 15 is 0 Å². The first-order valence-corrected chi connectivity index (χ1v) is 7.08. The van der Waals surface area contributed by atoms with Gasteiger partial charge in [-0.2, -0.15) is 0 Å². The third-order valence-electron chi connectivity index (χ3n) is 3.96. The Morgan fingerprint density at radius 2 is 2.08 bits per heavy atom. The van der Waals surface area contributed by atoms with Gasteiger partial charge in [-0.15, -0.1) is 0 Å². The fourth-order valence-corrected chi connectivity index (χ4v) is 2.97. The highest BCUT2D eigenvalue weighted by atomic mass is 16.6.